The molecular weight excluding hydrogens is 312 g/mol. The second kappa shape index (κ2) is 7.11. The molecule has 0 N–H and O–H groups in total. The van der Waals surface area contributed by atoms with Crippen LogP contribution in [0.5, 0.6) is 0 Å². The third kappa shape index (κ3) is 3.44. The summed E-state index contributed by atoms with van der Waals surface area (Å²) in [6.07, 6.45) is 11.5. The Morgan fingerprint density at radius 3 is 2.76 bits per heavy atom. The Balaban J connectivity index is 1.57. The summed E-state index contributed by atoms with van der Waals surface area (Å²) in [6.45, 7) is 4.96. The van der Waals surface area contributed by atoms with Gasteiger partial charge in [-0.2, -0.15) is 0 Å². The Morgan fingerprint density at radius 2 is 1.96 bits per heavy atom. The zero-order valence-electron chi connectivity index (χ0n) is 14.4. The van der Waals surface area contributed by atoms with Crippen molar-refractivity contribution in [2.45, 2.75) is 32.2 Å². The number of rotatable bonds is 4. The van der Waals surface area contributed by atoms with Gasteiger partial charge in [-0.15, -0.1) is 0 Å². The van der Waals surface area contributed by atoms with Crippen LogP contribution in [0.4, 0.5) is 0 Å². The second-order valence-corrected chi connectivity index (χ2v) is 6.50. The van der Waals surface area contributed by atoms with E-state index in [2.05, 4.69) is 30.9 Å². The van der Waals surface area contributed by atoms with Gasteiger partial charge in [0.25, 0.3) is 0 Å². The van der Waals surface area contributed by atoms with Crippen LogP contribution in [0.25, 0.3) is 5.82 Å². The van der Waals surface area contributed by atoms with Gasteiger partial charge in [0.1, 0.15) is 5.82 Å². The number of piperidine rings is 1. The van der Waals surface area contributed by atoms with Gasteiger partial charge in [0.15, 0.2) is 5.82 Å². The number of nitrogens with zero attached hydrogens (tertiary/aromatic N) is 6. The predicted molar refractivity (Wildman–Crippen MR) is 95.4 cm³/mol. The Kier molecular flexibility index (Phi) is 4.52. The molecule has 0 bridgehead atoms. The minimum atomic E-state index is 0.378. The molecule has 0 saturated carbocycles. The van der Waals surface area contributed by atoms with Crippen LogP contribution in [0.3, 0.4) is 0 Å². The Hall–Kier alpha value is -2.60. The van der Waals surface area contributed by atoms with E-state index in [0.717, 1.165) is 55.5 Å². The first-order valence-electron chi connectivity index (χ1n) is 8.75. The Labute approximate surface area is 147 Å². The van der Waals surface area contributed by atoms with E-state index >= 15 is 0 Å². The lowest BCUT2D eigenvalue weighted by Crippen LogP contribution is -2.35. The van der Waals surface area contributed by atoms with Crippen molar-refractivity contribution in [2.24, 2.45) is 0 Å². The van der Waals surface area contributed by atoms with Crippen molar-refractivity contribution >= 4 is 0 Å². The van der Waals surface area contributed by atoms with Gasteiger partial charge in [-0.25, -0.2) is 9.97 Å². The summed E-state index contributed by atoms with van der Waals surface area (Å²) < 4.78 is 2.03. The first-order valence-corrected chi connectivity index (χ1v) is 8.75. The highest BCUT2D eigenvalue weighted by Crippen LogP contribution is 2.29. The van der Waals surface area contributed by atoms with E-state index in [-0.39, 0.29) is 0 Å². The molecule has 4 heterocycles. The fourth-order valence-electron chi connectivity index (χ4n) is 3.56. The maximum Gasteiger partial charge on any atom is 0.160 e. The average Bonchev–Trinajstić information content (AvgIpc) is 3.09. The van der Waals surface area contributed by atoms with Crippen molar-refractivity contribution in [3.63, 3.8) is 0 Å². The van der Waals surface area contributed by atoms with Crippen molar-refractivity contribution in [3.8, 4) is 5.82 Å². The van der Waals surface area contributed by atoms with Gasteiger partial charge in [-0.1, -0.05) is 6.07 Å². The molecule has 1 unspecified atom stereocenters. The zero-order chi connectivity index (χ0) is 17.1. The van der Waals surface area contributed by atoms with E-state index in [1.165, 1.54) is 0 Å². The largest absolute Gasteiger partial charge is 0.297 e. The highest BCUT2D eigenvalue weighted by molar-refractivity contribution is 5.33. The highest BCUT2D eigenvalue weighted by Gasteiger charge is 2.26. The molecule has 0 radical (unpaired) electrons. The monoisotopic (exact) mass is 334 g/mol. The zero-order valence-corrected chi connectivity index (χ0v) is 14.4. The van der Waals surface area contributed by atoms with Crippen LogP contribution in [0, 0.1) is 6.92 Å². The van der Waals surface area contributed by atoms with E-state index in [1.807, 2.05) is 42.2 Å². The molecule has 6 nitrogen and oxygen atoms in total. The molecule has 0 aromatic carbocycles. The summed E-state index contributed by atoms with van der Waals surface area (Å²) in [7, 11) is 0. The number of aromatic nitrogens is 5. The summed E-state index contributed by atoms with van der Waals surface area (Å²) in [6, 6.07) is 6.10. The van der Waals surface area contributed by atoms with Crippen LogP contribution >= 0.6 is 0 Å². The first-order chi connectivity index (χ1) is 12.3. The lowest BCUT2D eigenvalue weighted by molar-refractivity contribution is 0.196. The fraction of sp³-hybridized carbons (Fsp3) is 0.368. The average molecular weight is 334 g/mol. The van der Waals surface area contributed by atoms with Crippen molar-refractivity contribution in [1.29, 1.82) is 0 Å². The maximum absolute atomic E-state index is 4.69. The van der Waals surface area contributed by atoms with Gasteiger partial charge in [-0.05, 0) is 38.4 Å². The maximum atomic E-state index is 4.69. The number of aryl methyl sites for hydroxylation is 1. The summed E-state index contributed by atoms with van der Waals surface area (Å²) in [5.41, 5.74) is 2.18. The van der Waals surface area contributed by atoms with Crippen molar-refractivity contribution in [3.05, 3.63) is 66.4 Å². The molecule has 0 amide bonds. The molecule has 4 rings (SSSR count). The van der Waals surface area contributed by atoms with Crippen LogP contribution in [-0.4, -0.2) is 42.5 Å². The molecule has 0 aliphatic carbocycles. The summed E-state index contributed by atoms with van der Waals surface area (Å²) in [5.74, 6) is 2.22. The Morgan fingerprint density at radius 1 is 1.04 bits per heavy atom. The van der Waals surface area contributed by atoms with Gasteiger partial charge >= 0.3 is 0 Å². The lowest BCUT2D eigenvalue weighted by atomic mass is 9.94. The normalized spacial score (nSPS) is 18.4. The summed E-state index contributed by atoms with van der Waals surface area (Å²) >= 11 is 0. The molecule has 1 saturated heterocycles. The van der Waals surface area contributed by atoms with Crippen LogP contribution in [0.2, 0.25) is 0 Å². The van der Waals surface area contributed by atoms with Crippen molar-refractivity contribution in [1.82, 2.24) is 29.4 Å². The molecule has 1 aliphatic heterocycles. The number of hydrogen-bond acceptors (Lipinski definition) is 5. The quantitative estimate of drug-likeness (QED) is 0.734. The summed E-state index contributed by atoms with van der Waals surface area (Å²) in [5, 5.41) is 0. The van der Waals surface area contributed by atoms with Gasteiger partial charge < -0.3 is 0 Å². The molecular formula is C19H22N6. The molecule has 3 aromatic heterocycles. The number of likely N-dealkylation sites (tertiary alicyclic amines) is 1. The van der Waals surface area contributed by atoms with Crippen LogP contribution in [0.1, 0.15) is 36.0 Å². The number of imidazole rings is 1. The van der Waals surface area contributed by atoms with Gasteiger partial charge in [0, 0.05) is 50.0 Å². The molecule has 25 heavy (non-hydrogen) atoms. The van der Waals surface area contributed by atoms with E-state index in [0.29, 0.717) is 5.92 Å². The van der Waals surface area contributed by atoms with Crippen molar-refractivity contribution in [2.75, 3.05) is 13.1 Å². The SMILES string of the molecule is Cc1nccn1-c1nccnc1C1CCCN(Cc2ccccn2)C1. The molecule has 1 aliphatic rings. The molecule has 1 atom stereocenters. The second-order valence-electron chi connectivity index (χ2n) is 6.50. The Bertz CT molecular complexity index is 829. The highest BCUT2D eigenvalue weighted by atomic mass is 15.2. The topological polar surface area (TPSA) is 59.7 Å². The third-order valence-electron chi connectivity index (χ3n) is 4.76. The molecule has 1 fully saturated rings. The van der Waals surface area contributed by atoms with Gasteiger partial charge in [-0.3, -0.25) is 19.4 Å². The van der Waals surface area contributed by atoms with E-state index in [9.17, 15) is 0 Å². The molecule has 128 valence electrons. The third-order valence-corrected chi connectivity index (χ3v) is 4.76. The predicted octanol–water partition coefficient (Wildman–Crippen LogP) is 2.75. The van der Waals surface area contributed by atoms with Gasteiger partial charge in [0.2, 0.25) is 0 Å². The lowest BCUT2D eigenvalue weighted by Gasteiger charge is -2.32. The smallest absolute Gasteiger partial charge is 0.160 e. The number of pyridine rings is 1. The van der Waals surface area contributed by atoms with Crippen LogP contribution < -0.4 is 0 Å². The van der Waals surface area contributed by atoms with E-state index in [4.69, 9.17) is 0 Å². The summed E-state index contributed by atoms with van der Waals surface area (Å²) in [4.78, 5) is 20.5. The molecule has 6 heteroatoms. The standard InChI is InChI=1S/C19H22N6/c1-15-20-10-12-25(15)19-18(22-8-9-23-19)16-5-4-11-24(13-16)14-17-6-2-3-7-21-17/h2-3,6-10,12,16H,4-5,11,13-14H2,1H3. The van der Waals surface area contributed by atoms with Crippen molar-refractivity contribution < 1.29 is 0 Å². The minimum absolute atomic E-state index is 0.378. The van der Waals surface area contributed by atoms with Crippen LogP contribution in [0.15, 0.2) is 49.2 Å². The van der Waals surface area contributed by atoms with Gasteiger partial charge in [0.05, 0.1) is 11.4 Å². The molecule has 0 spiro atoms. The fourth-order valence-corrected chi connectivity index (χ4v) is 3.56. The molecule has 3 aromatic rings. The van der Waals surface area contributed by atoms with Crippen LogP contribution in [-0.2, 0) is 6.54 Å². The minimum Gasteiger partial charge on any atom is -0.297 e. The number of hydrogen-bond donors (Lipinski definition) is 0. The van der Waals surface area contributed by atoms with E-state index in [1.54, 1.807) is 12.4 Å². The first kappa shape index (κ1) is 15.9. The van der Waals surface area contributed by atoms with E-state index < -0.39 is 0 Å².